The van der Waals surface area contributed by atoms with Gasteiger partial charge in [-0.1, -0.05) is 22.0 Å². The standard InChI is InChI=1S/C17H17BrN4O/c1-22(2)10-11-6-7-19-16(8-11)21-17(23)15-9-12-13(18)4-3-5-14(12)20-15/h3-9,20H,10H2,1-2H3,(H,19,21,23). The third kappa shape index (κ3) is 3.60. The lowest BCUT2D eigenvalue weighted by Crippen LogP contribution is -2.14. The van der Waals surface area contributed by atoms with Gasteiger partial charge in [-0.3, -0.25) is 4.79 Å². The fourth-order valence-corrected chi connectivity index (χ4v) is 2.91. The van der Waals surface area contributed by atoms with Gasteiger partial charge in [-0.05, 0) is 50.0 Å². The Hall–Kier alpha value is -2.18. The van der Waals surface area contributed by atoms with E-state index in [0.29, 0.717) is 11.5 Å². The Morgan fingerprint density at radius 1 is 1.30 bits per heavy atom. The Bertz CT molecular complexity index is 857. The van der Waals surface area contributed by atoms with Crippen molar-refractivity contribution in [3.63, 3.8) is 0 Å². The van der Waals surface area contributed by atoms with E-state index in [-0.39, 0.29) is 5.91 Å². The maximum Gasteiger partial charge on any atom is 0.273 e. The van der Waals surface area contributed by atoms with Crippen molar-refractivity contribution in [3.8, 4) is 0 Å². The second-order valence-electron chi connectivity index (χ2n) is 5.63. The zero-order chi connectivity index (χ0) is 16.4. The van der Waals surface area contributed by atoms with E-state index in [1.54, 1.807) is 6.20 Å². The lowest BCUT2D eigenvalue weighted by Gasteiger charge is -2.10. The lowest BCUT2D eigenvalue weighted by atomic mass is 10.2. The largest absolute Gasteiger partial charge is 0.350 e. The monoisotopic (exact) mass is 372 g/mol. The summed E-state index contributed by atoms with van der Waals surface area (Å²) in [6, 6.07) is 11.5. The van der Waals surface area contributed by atoms with Gasteiger partial charge in [-0.15, -0.1) is 0 Å². The summed E-state index contributed by atoms with van der Waals surface area (Å²) in [5.41, 5.74) is 2.52. The number of H-pyrrole nitrogens is 1. The number of carbonyl (C=O) groups excluding carboxylic acids is 1. The zero-order valence-corrected chi connectivity index (χ0v) is 14.5. The van der Waals surface area contributed by atoms with Crippen molar-refractivity contribution in [2.75, 3.05) is 19.4 Å². The smallest absolute Gasteiger partial charge is 0.273 e. The summed E-state index contributed by atoms with van der Waals surface area (Å²) in [7, 11) is 4.00. The van der Waals surface area contributed by atoms with E-state index in [0.717, 1.165) is 27.5 Å². The minimum Gasteiger partial charge on any atom is -0.350 e. The Kier molecular flexibility index (Phi) is 4.45. The number of nitrogens with one attached hydrogen (secondary N) is 2. The fourth-order valence-electron chi connectivity index (χ4n) is 2.43. The second kappa shape index (κ2) is 6.52. The molecule has 6 heteroatoms. The molecule has 23 heavy (non-hydrogen) atoms. The average molecular weight is 373 g/mol. The number of hydrogen-bond donors (Lipinski definition) is 2. The maximum atomic E-state index is 12.4. The van der Waals surface area contributed by atoms with Gasteiger partial charge in [-0.2, -0.15) is 0 Å². The molecule has 0 radical (unpaired) electrons. The number of rotatable bonds is 4. The predicted octanol–water partition coefficient (Wildman–Crippen LogP) is 3.64. The number of carbonyl (C=O) groups is 1. The molecule has 0 bridgehead atoms. The number of aromatic amines is 1. The van der Waals surface area contributed by atoms with Gasteiger partial charge in [0, 0.05) is 28.1 Å². The Balaban J connectivity index is 1.81. The molecule has 1 amide bonds. The van der Waals surface area contributed by atoms with E-state index in [1.807, 2.05) is 50.5 Å². The van der Waals surface area contributed by atoms with Crippen LogP contribution in [0.1, 0.15) is 16.1 Å². The first-order chi connectivity index (χ1) is 11.0. The van der Waals surface area contributed by atoms with Crippen LogP contribution in [-0.4, -0.2) is 34.9 Å². The highest BCUT2D eigenvalue weighted by Crippen LogP contribution is 2.24. The van der Waals surface area contributed by atoms with Crippen molar-refractivity contribution in [2.24, 2.45) is 0 Å². The van der Waals surface area contributed by atoms with Crippen LogP contribution in [0.25, 0.3) is 10.9 Å². The number of aromatic nitrogens is 2. The molecule has 0 aliphatic carbocycles. The average Bonchev–Trinajstić information content (AvgIpc) is 2.92. The van der Waals surface area contributed by atoms with Crippen LogP contribution < -0.4 is 5.32 Å². The van der Waals surface area contributed by atoms with E-state index in [2.05, 4.69) is 36.1 Å². The van der Waals surface area contributed by atoms with Crippen LogP contribution in [0.15, 0.2) is 47.1 Å². The van der Waals surface area contributed by atoms with Crippen LogP contribution in [0.3, 0.4) is 0 Å². The van der Waals surface area contributed by atoms with E-state index in [1.165, 1.54) is 0 Å². The summed E-state index contributed by atoms with van der Waals surface area (Å²) in [6.07, 6.45) is 1.70. The van der Waals surface area contributed by atoms with Crippen molar-refractivity contribution in [3.05, 3.63) is 58.3 Å². The predicted molar refractivity (Wildman–Crippen MR) is 95.6 cm³/mol. The number of nitrogens with zero attached hydrogens (tertiary/aromatic N) is 2. The number of anilines is 1. The van der Waals surface area contributed by atoms with Crippen LogP contribution in [0.4, 0.5) is 5.82 Å². The number of fused-ring (bicyclic) bond motifs is 1. The lowest BCUT2D eigenvalue weighted by molar-refractivity contribution is 0.102. The van der Waals surface area contributed by atoms with Crippen molar-refractivity contribution < 1.29 is 4.79 Å². The summed E-state index contributed by atoms with van der Waals surface area (Å²) in [4.78, 5) is 21.8. The second-order valence-corrected chi connectivity index (χ2v) is 6.48. The van der Waals surface area contributed by atoms with Crippen molar-refractivity contribution in [1.82, 2.24) is 14.9 Å². The van der Waals surface area contributed by atoms with Gasteiger partial charge in [0.05, 0.1) is 0 Å². The van der Waals surface area contributed by atoms with Gasteiger partial charge in [0.15, 0.2) is 0 Å². The number of halogens is 1. The van der Waals surface area contributed by atoms with Crippen LogP contribution >= 0.6 is 15.9 Å². The Morgan fingerprint density at radius 3 is 2.87 bits per heavy atom. The summed E-state index contributed by atoms with van der Waals surface area (Å²) < 4.78 is 0.955. The van der Waals surface area contributed by atoms with Crippen molar-refractivity contribution >= 4 is 38.6 Å². The highest BCUT2D eigenvalue weighted by Gasteiger charge is 2.12. The molecule has 0 saturated carbocycles. The molecule has 0 spiro atoms. The molecule has 1 aromatic carbocycles. The highest BCUT2D eigenvalue weighted by atomic mass is 79.9. The molecule has 3 aromatic rings. The first-order valence-electron chi connectivity index (χ1n) is 7.21. The summed E-state index contributed by atoms with van der Waals surface area (Å²) in [5, 5.41) is 3.82. The fraction of sp³-hybridized carbons (Fsp3) is 0.176. The molecule has 0 unspecified atom stereocenters. The number of pyridine rings is 1. The van der Waals surface area contributed by atoms with Crippen molar-refractivity contribution in [1.29, 1.82) is 0 Å². The number of benzene rings is 1. The molecule has 5 nitrogen and oxygen atoms in total. The van der Waals surface area contributed by atoms with Gasteiger partial charge >= 0.3 is 0 Å². The minimum absolute atomic E-state index is 0.206. The number of amides is 1. The zero-order valence-electron chi connectivity index (χ0n) is 12.9. The molecule has 2 heterocycles. The third-order valence-corrected chi connectivity index (χ3v) is 4.11. The Morgan fingerprint density at radius 2 is 2.13 bits per heavy atom. The van der Waals surface area contributed by atoms with E-state index >= 15 is 0 Å². The van der Waals surface area contributed by atoms with Gasteiger partial charge in [0.1, 0.15) is 11.5 Å². The normalized spacial score (nSPS) is 11.1. The van der Waals surface area contributed by atoms with E-state index in [9.17, 15) is 4.79 Å². The van der Waals surface area contributed by atoms with Crippen LogP contribution in [0.5, 0.6) is 0 Å². The van der Waals surface area contributed by atoms with Crippen LogP contribution in [-0.2, 0) is 6.54 Å². The minimum atomic E-state index is -0.206. The molecular formula is C17H17BrN4O. The summed E-state index contributed by atoms with van der Waals surface area (Å²) in [5.74, 6) is 0.342. The number of hydrogen-bond acceptors (Lipinski definition) is 3. The molecule has 0 aliphatic rings. The first kappa shape index (κ1) is 15.7. The van der Waals surface area contributed by atoms with Crippen LogP contribution in [0, 0.1) is 0 Å². The van der Waals surface area contributed by atoms with Gasteiger partial charge in [-0.25, -0.2) is 4.98 Å². The molecule has 118 valence electrons. The first-order valence-corrected chi connectivity index (χ1v) is 8.00. The molecule has 2 N–H and O–H groups in total. The molecule has 0 atom stereocenters. The molecule has 0 fully saturated rings. The molecule has 0 aliphatic heterocycles. The maximum absolute atomic E-state index is 12.4. The van der Waals surface area contributed by atoms with Gasteiger partial charge < -0.3 is 15.2 Å². The van der Waals surface area contributed by atoms with Gasteiger partial charge in [0.25, 0.3) is 5.91 Å². The highest BCUT2D eigenvalue weighted by molar-refractivity contribution is 9.10. The molecular weight excluding hydrogens is 356 g/mol. The van der Waals surface area contributed by atoms with Crippen molar-refractivity contribution in [2.45, 2.75) is 6.54 Å². The molecule has 0 saturated heterocycles. The van der Waals surface area contributed by atoms with Gasteiger partial charge in [0.2, 0.25) is 0 Å². The Labute approximate surface area is 142 Å². The molecule has 2 aromatic heterocycles. The van der Waals surface area contributed by atoms with Crippen LogP contribution in [0.2, 0.25) is 0 Å². The van der Waals surface area contributed by atoms with E-state index < -0.39 is 0 Å². The quantitative estimate of drug-likeness (QED) is 0.734. The van der Waals surface area contributed by atoms with E-state index in [4.69, 9.17) is 0 Å². The summed E-state index contributed by atoms with van der Waals surface area (Å²) in [6.45, 7) is 0.796. The molecule has 3 rings (SSSR count). The topological polar surface area (TPSA) is 61.0 Å². The SMILES string of the molecule is CN(C)Cc1ccnc(NC(=O)c2cc3c(Br)cccc3[nH]2)c1. The summed E-state index contributed by atoms with van der Waals surface area (Å²) >= 11 is 3.49. The third-order valence-electron chi connectivity index (χ3n) is 3.42.